The molecule has 0 amide bonds. The van der Waals surface area contributed by atoms with Crippen molar-refractivity contribution in [3.63, 3.8) is 0 Å². The maximum absolute atomic E-state index is 9.36. The van der Waals surface area contributed by atoms with Gasteiger partial charge in [-0.25, -0.2) is 0 Å². The first-order chi connectivity index (χ1) is 9.36. The van der Waals surface area contributed by atoms with Gasteiger partial charge in [-0.2, -0.15) is 0 Å². The molecule has 0 aliphatic carbocycles. The number of fused-ring (bicyclic) bond motifs is 5. The van der Waals surface area contributed by atoms with Crippen LogP contribution in [0.2, 0.25) is 0 Å². The second kappa shape index (κ2) is 4.36. The van der Waals surface area contributed by atoms with Crippen molar-refractivity contribution in [2.24, 2.45) is 5.92 Å². The molecule has 3 nitrogen and oxygen atoms in total. The molecule has 100 valence electrons. The van der Waals surface area contributed by atoms with Gasteiger partial charge in [-0.05, 0) is 36.8 Å². The summed E-state index contributed by atoms with van der Waals surface area (Å²) in [6.07, 6.45) is 3.45. The molecule has 1 aromatic heterocycles. The summed E-state index contributed by atoms with van der Waals surface area (Å²) in [4.78, 5) is 6.20. The van der Waals surface area contributed by atoms with Gasteiger partial charge in [-0.15, -0.1) is 0 Å². The van der Waals surface area contributed by atoms with Crippen molar-refractivity contribution >= 4 is 10.9 Å². The Kier molecular flexibility index (Phi) is 2.64. The van der Waals surface area contributed by atoms with Gasteiger partial charge in [0.15, 0.2) is 0 Å². The molecular weight excluding hydrogens is 236 g/mol. The summed E-state index contributed by atoms with van der Waals surface area (Å²) >= 11 is 0. The molecule has 2 aliphatic heterocycles. The standard InChI is InChI=1S/C16H20N2O/c19-10-11-5-6-15-16-13(7-8-18(15)9-11)12-3-1-2-4-14(12)17-16/h1-4,11,15,17,19H,5-10H2/t11-,15+/m1/s1. The minimum Gasteiger partial charge on any atom is -0.396 e. The molecular formula is C16H20N2O. The first-order valence-electron chi connectivity index (χ1n) is 7.31. The third-order valence-electron chi connectivity index (χ3n) is 4.87. The van der Waals surface area contributed by atoms with Crippen molar-refractivity contribution in [3.05, 3.63) is 35.5 Å². The lowest BCUT2D eigenvalue weighted by Gasteiger charge is -2.42. The Morgan fingerprint density at radius 1 is 1.26 bits per heavy atom. The molecule has 2 N–H and O–H groups in total. The number of H-pyrrole nitrogens is 1. The number of para-hydroxylation sites is 1. The summed E-state index contributed by atoms with van der Waals surface area (Å²) in [6, 6.07) is 9.19. The van der Waals surface area contributed by atoms with Gasteiger partial charge in [-0.1, -0.05) is 18.2 Å². The minimum atomic E-state index is 0.336. The van der Waals surface area contributed by atoms with Gasteiger partial charge in [0.25, 0.3) is 0 Å². The fourth-order valence-electron chi connectivity index (χ4n) is 3.88. The van der Waals surface area contributed by atoms with E-state index in [0.717, 1.165) is 25.9 Å². The van der Waals surface area contributed by atoms with Gasteiger partial charge in [0.2, 0.25) is 0 Å². The van der Waals surface area contributed by atoms with Gasteiger partial charge in [-0.3, -0.25) is 4.90 Å². The number of aliphatic hydroxyl groups excluding tert-OH is 1. The largest absolute Gasteiger partial charge is 0.396 e. The number of aliphatic hydroxyl groups is 1. The second-order valence-corrected chi connectivity index (χ2v) is 5.95. The maximum atomic E-state index is 9.36. The number of nitrogens with zero attached hydrogens (tertiary/aromatic N) is 1. The fraction of sp³-hybridized carbons (Fsp3) is 0.500. The molecule has 0 unspecified atom stereocenters. The number of hydrogen-bond donors (Lipinski definition) is 2. The van der Waals surface area contributed by atoms with E-state index in [2.05, 4.69) is 34.1 Å². The van der Waals surface area contributed by atoms with Crippen LogP contribution >= 0.6 is 0 Å². The molecule has 19 heavy (non-hydrogen) atoms. The van der Waals surface area contributed by atoms with Crippen LogP contribution in [0.5, 0.6) is 0 Å². The van der Waals surface area contributed by atoms with Crippen molar-refractivity contribution in [2.75, 3.05) is 19.7 Å². The fourth-order valence-corrected chi connectivity index (χ4v) is 3.88. The lowest BCUT2D eigenvalue weighted by molar-refractivity contribution is 0.0672. The first-order valence-corrected chi connectivity index (χ1v) is 7.31. The Hall–Kier alpha value is -1.32. The van der Waals surface area contributed by atoms with E-state index >= 15 is 0 Å². The molecule has 3 heterocycles. The SMILES string of the molecule is OC[C@@H]1CC[C@H]2c3[nH]c4ccccc4c3CCN2C1. The number of nitrogens with one attached hydrogen (secondary N) is 1. The molecule has 2 aromatic rings. The Morgan fingerprint density at radius 3 is 3.05 bits per heavy atom. The molecule has 3 heteroatoms. The summed E-state index contributed by atoms with van der Waals surface area (Å²) in [5, 5.41) is 10.8. The van der Waals surface area contributed by atoms with Crippen LogP contribution in [-0.2, 0) is 6.42 Å². The van der Waals surface area contributed by atoms with Gasteiger partial charge in [0.05, 0.1) is 6.04 Å². The number of rotatable bonds is 1. The predicted octanol–water partition coefficient (Wildman–Crippen LogP) is 2.47. The highest BCUT2D eigenvalue weighted by molar-refractivity contribution is 5.85. The Bertz CT molecular complexity index is 604. The van der Waals surface area contributed by atoms with Crippen LogP contribution in [-0.4, -0.2) is 34.7 Å². The molecule has 2 atom stereocenters. The number of hydrogen-bond acceptors (Lipinski definition) is 2. The van der Waals surface area contributed by atoms with E-state index in [1.54, 1.807) is 0 Å². The molecule has 0 spiro atoms. The van der Waals surface area contributed by atoms with Crippen LogP contribution in [0.1, 0.15) is 30.1 Å². The van der Waals surface area contributed by atoms with E-state index in [1.165, 1.54) is 28.6 Å². The van der Waals surface area contributed by atoms with Crippen molar-refractivity contribution < 1.29 is 5.11 Å². The summed E-state index contributed by atoms with van der Waals surface area (Å²) in [5.41, 5.74) is 4.24. The van der Waals surface area contributed by atoms with Crippen LogP contribution in [0, 0.1) is 5.92 Å². The van der Waals surface area contributed by atoms with Gasteiger partial charge in [0, 0.05) is 36.3 Å². The smallest absolute Gasteiger partial charge is 0.0501 e. The van der Waals surface area contributed by atoms with E-state index in [1.807, 2.05) is 0 Å². The summed E-state index contributed by atoms with van der Waals surface area (Å²) in [6.45, 7) is 2.52. The average molecular weight is 256 g/mol. The summed E-state index contributed by atoms with van der Waals surface area (Å²) < 4.78 is 0. The zero-order valence-corrected chi connectivity index (χ0v) is 11.1. The van der Waals surface area contributed by atoms with Crippen molar-refractivity contribution in [1.82, 2.24) is 9.88 Å². The van der Waals surface area contributed by atoms with Crippen LogP contribution in [0.3, 0.4) is 0 Å². The van der Waals surface area contributed by atoms with E-state index in [-0.39, 0.29) is 0 Å². The van der Waals surface area contributed by atoms with Crippen molar-refractivity contribution in [3.8, 4) is 0 Å². The lowest BCUT2D eigenvalue weighted by Crippen LogP contribution is -2.43. The maximum Gasteiger partial charge on any atom is 0.0501 e. The highest BCUT2D eigenvalue weighted by atomic mass is 16.3. The average Bonchev–Trinajstić information content (AvgIpc) is 2.85. The molecule has 0 bridgehead atoms. The number of benzene rings is 1. The Labute approximate surface area is 113 Å². The van der Waals surface area contributed by atoms with Gasteiger partial charge >= 0.3 is 0 Å². The third kappa shape index (κ3) is 1.72. The quantitative estimate of drug-likeness (QED) is 0.822. The van der Waals surface area contributed by atoms with Crippen molar-refractivity contribution in [2.45, 2.75) is 25.3 Å². The lowest BCUT2D eigenvalue weighted by atomic mass is 9.86. The number of aromatic nitrogens is 1. The molecule has 1 saturated heterocycles. The molecule has 1 aromatic carbocycles. The van der Waals surface area contributed by atoms with E-state index in [4.69, 9.17) is 0 Å². The van der Waals surface area contributed by atoms with E-state index in [0.29, 0.717) is 18.6 Å². The van der Waals surface area contributed by atoms with E-state index in [9.17, 15) is 5.11 Å². The molecule has 0 radical (unpaired) electrons. The Balaban J connectivity index is 1.75. The molecule has 2 aliphatic rings. The predicted molar refractivity (Wildman–Crippen MR) is 76.1 cm³/mol. The summed E-state index contributed by atoms with van der Waals surface area (Å²) in [5.74, 6) is 0.474. The second-order valence-electron chi connectivity index (χ2n) is 5.95. The number of aromatic amines is 1. The van der Waals surface area contributed by atoms with Crippen LogP contribution < -0.4 is 0 Å². The molecule has 1 fully saturated rings. The summed E-state index contributed by atoms with van der Waals surface area (Å²) in [7, 11) is 0. The van der Waals surface area contributed by atoms with Crippen LogP contribution in [0.15, 0.2) is 24.3 Å². The van der Waals surface area contributed by atoms with Crippen LogP contribution in [0.4, 0.5) is 0 Å². The monoisotopic (exact) mass is 256 g/mol. The highest BCUT2D eigenvalue weighted by Gasteiger charge is 2.34. The minimum absolute atomic E-state index is 0.336. The van der Waals surface area contributed by atoms with E-state index < -0.39 is 0 Å². The number of piperidine rings is 1. The zero-order valence-electron chi connectivity index (χ0n) is 11.1. The van der Waals surface area contributed by atoms with Crippen molar-refractivity contribution in [1.29, 1.82) is 0 Å². The molecule has 4 rings (SSSR count). The normalized spacial score (nSPS) is 27.2. The van der Waals surface area contributed by atoms with Crippen LogP contribution in [0.25, 0.3) is 10.9 Å². The molecule has 0 saturated carbocycles. The van der Waals surface area contributed by atoms with Gasteiger partial charge < -0.3 is 10.1 Å². The Morgan fingerprint density at radius 2 is 2.16 bits per heavy atom. The highest BCUT2D eigenvalue weighted by Crippen LogP contribution is 2.40. The first kappa shape index (κ1) is 11.5. The van der Waals surface area contributed by atoms with Gasteiger partial charge in [0.1, 0.15) is 0 Å². The third-order valence-corrected chi connectivity index (χ3v) is 4.87. The zero-order chi connectivity index (χ0) is 12.8. The topological polar surface area (TPSA) is 39.3 Å².